The number of anilines is 1. The third kappa shape index (κ3) is 6.30. The molecule has 0 saturated heterocycles. The molecule has 0 aromatic heterocycles. The number of nitrogens with zero attached hydrogens (tertiary/aromatic N) is 7. The van der Waals surface area contributed by atoms with E-state index < -0.39 is 4.92 Å². The average Bonchev–Trinajstić information content (AvgIpc) is 3.24. The van der Waals surface area contributed by atoms with Crippen molar-refractivity contribution in [1.29, 1.82) is 10.5 Å². The van der Waals surface area contributed by atoms with Gasteiger partial charge in [-0.2, -0.15) is 15.6 Å². The van der Waals surface area contributed by atoms with Crippen molar-refractivity contribution in [3.63, 3.8) is 0 Å². The number of rotatable bonds is 12. The number of ether oxygens (including phenoxy) is 1. The molecule has 12 nitrogen and oxygen atoms in total. The highest BCUT2D eigenvalue weighted by Crippen LogP contribution is 2.32. The van der Waals surface area contributed by atoms with Crippen LogP contribution < -0.4 is 4.90 Å². The zero-order valence-corrected chi connectivity index (χ0v) is 23.1. The largest absolute Gasteiger partial charge is 0.383 e. The van der Waals surface area contributed by atoms with Gasteiger partial charge in [-0.3, -0.25) is 24.6 Å². The van der Waals surface area contributed by atoms with Crippen LogP contribution in [0.25, 0.3) is 0 Å². The van der Waals surface area contributed by atoms with Gasteiger partial charge >= 0.3 is 0 Å². The molecule has 3 aromatic carbocycles. The number of carbonyl (C=O) groups is 2. The lowest BCUT2D eigenvalue weighted by atomic mass is 10.1. The summed E-state index contributed by atoms with van der Waals surface area (Å²) in [6.07, 6.45) is 1.36. The van der Waals surface area contributed by atoms with Gasteiger partial charge in [0.1, 0.15) is 17.8 Å². The summed E-state index contributed by atoms with van der Waals surface area (Å²) in [5.41, 5.74) is 2.44. The summed E-state index contributed by atoms with van der Waals surface area (Å²) in [4.78, 5) is 39.1. The van der Waals surface area contributed by atoms with Gasteiger partial charge in [0, 0.05) is 44.6 Å². The molecule has 0 N–H and O–H groups in total. The summed E-state index contributed by atoms with van der Waals surface area (Å²) < 4.78 is 5.29. The first-order valence-corrected chi connectivity index (χ1v) is 13.1. The fourth-order valence-electron chi connectivity index (χ4n) is 4.64. The summed E-state index contributed by atoms with van der Waals surface area (Å²) >= 11 is 0. The molecule has 3 aromatic rings. The molecular weight excluding hydrogens is 538 g/mol. The van der Waals surface area contributed by atoms with Gasteiger partial charge in [0.15, 0.2) is 0 Å². The van der Waals surface area contributed by atoms with E-state index in [1.807, 2.05) is 31.2 Å². The Balaban J connectivity index is 1.45. The van der Waals surface area contributed by atoms with E-state index in [1.165, 1.54) is 4.90 Å². The summed E-state index contributed by atoms with van der Waals surface area (Å²) in [7, 11) is 1.62. The lowest BCUT2D eigenvalue weighted by Gasteiger charge is -2.25. The van der Waals surface area contributed by atoms with Gasteiger partial charge in [0.2, 0.25) is 0 Å². The normalized spacial score (nSPS) is 12.3. The minimum absolute atomic E-state index is 0.0335. The van der Waals surface area contributed by atoms with Crippen LogP contribution in [0.3, 0.4) is 0 Å². The van der Waals surface area contributed by atoms with E-state index in [9.17, 15) is 30.2 Å². The van der Waals surface area contributed by atoms with Crippen LogP contribution in [0.15, 0.2) is 64.8 Å². The molecule has 42 heavy (non-hydrogen) atoms. The SMILES string of the molecule is COCCN(CCCCN1C(=O)c2ccccc2C1=O)c1ccc(/N=N/c2c(C#N)cc([N+](=O)[O-])cc2C#N)c(C)c1. The maximum absolute atomic E-state index is 12.6. The quantitative estimate of drug-likeness (QED) is 0.0901. The van der Waals surface area contributed by atoms with E-state index >= 15 is 0 Å². The molecule has 0 atom stereocenters. The molecule has 4 rings (SSSR count). The van der Waals surface area contributed by atoms with Crippen LogP contribution in [0.5, 0.6) is 0 Å². The number of methoxy groups -OCH3 is 1. The number of non-ortho nitro benzene ring substituents is 1. The van der Waals surface area contributed by atoms with Crippen LogP contribution in [-0.4, -0.2) is 55.0 Å². The number of fused-ring (bicyclic) bond motifs is 1. The molecule has 1 aliphatic heterocycles. The summed E-state index contributed by atoms with van der Waals surface area (Å²) in [6.45, 7) is 3.95. The van der Waals surface area contributed by atoms with Gasteiger partial charge in [-0.15, -0.1) is 5.11 Å². The molecule has 1 aliphatic rings. The van der Waals surface area contributed by atoms with Gasteiger partial charge in [-0.25, -0.2) is 0 Å². The summed E-state index contributed by atoms with van der Waals surface area (Å²) in [5.74, 6) is -0.519. The second-order valence-corrected chi connectivity index (χ2v) is 9.54. The van der Waals surface area contributed by atoms with Crippen LogP contribution in [0, 0.1) is 39.7 Å². The Labute approximate surface area is 242 Å². The maximum atomic E-state index is 12.6. The lowest BCUT2D eigenvalue weighted by Crippen LogP contribution is -2.32. The van der Waals surface area contributed by atoms with Crippen LogP contribution in [0.1, 0.15) is 50.2 Å². The second-order valence-electron chi connectivity index (χ2n) is 9.54. The predicted molar refractivity (Wildman–Crippen MR) is 153 cm³/mol. The Morgan fingerprint density at radius 1 is 0.952 bits per heavy atom. The zero-order chi connectivity index (χ0) is 30.2. The molecule has 2 amide bonds. The first-order valence-electron chi connectivity index (χ1n) is 13.1. The molecular formula is C30H27N7O5. The number of carbonyl (C=O) groups excluding carboxylic acids is 2. The highest BCUT2D eigenvalue weighted by Gasteiger charge is 2.34. The van der Waals surface area contributed by atoms with E-state index in [2.05, 4.69) is 15.1 Å². The average molecular weight is 566 g/mol. The first-order chi connectivity index (χ1) is 20.3. The standard InChI is InChI=1S/C30H27N7O5/c1-20-15-23(9-10-27(20)33-34-28-21(18-31)16-24(37(40)41)17-22(28)19-32)35(13-14-42-2)11-5-6-12-36-29(38)25-7-3-4-8-26(25)30(36)39/h3-4,7-10,15-17H,5-6,11-14H2,1-2H3/b34-33+. The molecule has 0 unspecified atom stereocenters. The van der Waals surface area contributed by atoms with Crippen LogP contribution in [-0.2, 0) is 4.74 Å². The van der Waals surface area contributed by atoms with Gasteiger partial charge < -0.3 is 9.64 Å². The molecule has 0 aliphatic carbocycles. The molecule has 0 spiro atoms. The number of nitro benzene ring substituents is 1. The molecule has 0 bridgehead atoms. The molecule has 0 radical (unpaired) electrons. The Hall–Kier alpha value is -5.46. The third-order valence-corrected chi connectivity index (χ3v) is 6.85. The van der Waals surface area contributed by atoms with Crippen molar-refractivity contribution < 1.29 is 19.2 Å². The van der Waals surface area contributed by atoms with E-state index in [1.54, 1.807) is 37.4 Å². The van der Waals surface area contributed by atoms with Crippen molar-refractivity contribution in [3.05, 3.63) is 92.5 Å². The first kappa shape index (κ1) is 29.5. The van der Waals surface area contributed by atoms with Crippen molar-refractivity contribution in [2.75, 3.05) is 38.3 Å². The number of hydrogen-bond acceptors (Lipinski definition) is 10. The molecule has 12 heteroatoms. The number of azo groups is 1. The fraction of sp³-hybridized carbons (Fsp3) is 0.267. The number of benzene rings is 3. The molecule has 1 heterocycles. The van der Waals surface area contributed by atoms with Gasteiger partial charge in [-0.05, 0) is 55.7 Å². The Morgan fingerprint density at radius 2 is 1.60 bits per heavy atom. The Morgan fingerprint density at radius 3 is 2.14 bits per heavy atom. The van der Waals surface area contributed by atoms with Crippen LogP contribution >= 0.6 is 0 Å². The van der Waals surface area contributed by atoms with Crippen LogP contribution in [0.2, 0.25) is 0 Å². The number of aryl methyl sites for hydroxylation is 1. The monoisotopic (exact) mass is 565 g/mol. The number of nitriles is 2. The fourth-order valence-corrected chi connectivity index (χ4v) is 4.64. The minimum atomic E-state index is -0.675. The number of amides is 2. The molecule has 0 fully saturated rings. The summed E-state index contributed by atoms with van der Waals surface area (Å²) in [6, 6.07) is 18.2. The van der Waals surface area contributed by atoms with E-state index in [4.69, 9.17) is 4.74 Å². The number of unbranched alkanes of at least 4 members (excludes halogenated alkanes) is 1. The topological polar surface area (TPSA) is 165 Å². The summed E-state index contributed by atoms with van der Waals surface area (Å²) in [5, 5.41) is 38.3. The van der Waals surface area contributed by atoms with Crippen molar-refractivity contribution in [2.24, 2.45) is 10.2 Å². The molecule has 0 saturated carbocycles. The number of hydrogen-bond donors (Lipinski definition) is 0. The highest BCUT2D eigenvalue weighted by molar-refractivity contribution is 6.21. The van der Waals surface area contributed by atoms with Crippen molar-refractivity contribution in [1.82, 2.24) is 4.90 Å². The van der Waals surface area contributed by atoms with Crippen molar-refractivity contribution >= 4 is 34.6 Å². The number of imide groups is 1. The maximum Gasteiger partial charge on any atom is 0.272 e. The van der Waals surface area contributed by atoms with Gasteiger partial charge in [0.25, 0.3) is 17.5 Å². The Bertz CT molecular complexity index is 1580. The van der Waals surface area contributed by atoms with E-state index in [0.717, 1.165) is 29.8 Å². The highest BCUT2D eigenvalue weighted by atomic mass is 16.6. The van der Waals surface area contributed by atoms with Crippen LogP contribution in [0.4, 0.5) is 22.7 Å². The van der Waals surface area contributed by atoms with Gasteiger partial charge in [0.05, 0.1) is 39.5 Å². The van der Waals surface area contributed by atoms with Gasteiger partial charge in [-0.1, -0.05) is 12.1 Å². The molecule has 212 valence electrons. The zero-order valence-electron chi connectivity index (χ0n) is 23.1. The predicted octanol–water partition coefficient (Wildman–Crippen LogP) is 5.59. The van der Waals surface area contributed by atoms with E-state index in [0.29, 0.717) is 49.5 Å². The van der Waals surface area contributed by atoms with Crippen molar-refractivity contribution in [2.45, 2.75) is 19.8 Å². The van der Waals surface area contributed by atoms with E-state index in [-0.39, 0.29) is 34.3 Å². The third-order valence-electron chi connectivity index (χ3n) is 6.85. The second kappa shape index (κ2) is 13.3. The lowest BCUT2D eigenvalue weighted by molar-refractivity contribution is -0.384. The Kier molecular flexibility index (Phi) is 9.32. The minimum Gasteiger partial charge on any atom is -0.383 e. The number of nitro groups is 1. The van der Waals surface area contributed by atoms with Crippen molar-refractivity contribution in [3.8, 4) is 12.1 Å². The smallest absolute Gasteiger partial charge is 0.272 e.